The standard InChI is InChI=1S/C46H31OP/c47-48(36-20-2-1-3-21-36,43-28-14-12-26-41(43)45-37-22-8-4-16-32(37)30-33-17-5-9-23-38(33)45)44-29-15-13-27-42(44)46-39-24-10-6-18-34(39)31-35-19-7-11-25-40(35)46/h1-31H. The lowest BCUT2D eigenvalue weighted by molar-refractivity contribution is 0.592. The van der Waals surface area contributed by atoms with Gasteiger partial charge in [-0.15, -0.1) is 0 Å². The first-order valence-corrected chi connectivity index (χ1v) is 18.1. The van der Waals surface area contributed by atoms with Gasteiger partial charge in [-0.25, -0.2) is 0 Å². The third-order valence-electron chi connectivity index (χ3n) is 9.69. The Morgan fingerprint density at radius 2 is 0.625 bits per heavy atom. The van der Waals surface area contributed by atoms with E-state index in [1.807, 2.05) is 42.5 Å². The molecule has 226 valence electrons. The molecular weight excluding hydrogens is 599 g/mol. The third kappa shape index (κ3) is 4.43. The lowest BCUT2D eigenvalue weighted by Crippen LogP contribution is -2.27. The second-order valence-electron chi connectivity index (χ2n) is 12.4. The van der Waals surface area contributed by atoms with Crippen molar-refractivity contribution in [1.29, 1.82) is 0 Å². The molecule has 0 aliphatic rings. The van der Waals surface area contributed by atoms with Gasteiger partial charge in [-0.05, 0) is 77.5 Å². The molecule has 0 N–H and O–H groups in total. The van der Waals surface area contributed by atoms with Crippen molar-refractivity contribution < 1.29 is 4.57 Å². The van der Waals surface area contributed by atoms with Crippen molar-refractivity contribution in [3.63, 3.8) is 0 Å². The van der Waals surface area contributed by atoms with Gasteiger partial charge in [0, 0.05) is 15.9 Å². The molecule has 0 aliphatic heterocycles. The van der Waals surface area contributed by atoms with Gasteiger partial charge in [0.15, 0.2) is 7.14 Å². The fourth-order valence-corrected chi connectivity index (χ4v) is 10.6. The number of fused-ring (bicyclic) bond motifs is 4. The first-order chi connectivity index (χ1) is 23.7. The average molecular weight is 631 g/mol. The molecule has 9 aromatic rings. The van der Waals surface area contributed by atoms with Crippen molar-refractivity contribution in [3.8, 4) is 22.3 Å². The molecule has 0 saturated carbocycles. The number of hydrogen-bond donors (Lipinski definition) is 0. The molecule has 9 aromatic carbocycles. The van der Waals surface area contributed by atoms with Crippen molar-refractivity contribution in [2.75, 3.05) is 0 Å². The van der Waals surface area contributed by atoms with E-state index >= 15 is 4.57 Å². The largest absolute Gasteiger partial charge is 0.309 e. The summed E-state index contributed by atoms with van der Waals surface area (Å²) in [5.41, 5.74) is 4.22. The van der Waals surface area contributed by atoms with Crippen molar-refractivity contribution in [1.82, 2.24) is 0 Å². The zero-order valence-corrected chi connectivity index (χ0v) is 27.1. The van der Waals surface area contributed by atoms with Crippen LogP contribution >= 0.6 is 7.14 Å². The summed E-state index contributed by atoms with van der Waals surface area (Å²) in [7, 11) is -3.49. The summed E-state index contributed by atoms with van der Waals surface area (Å²) in [6, 6.07) is 65.6. The Labute approximate surface area is 280 Å². The molecule has 0 spiro atoms. The second kappa shape index (κ2) is 11.5. The molecule has 2 heteroatoms. The predicted molar refractivity (Wildman–Crippen MR) is 207 cm³/mol. The number of rotatable bonds is 5. The van der Waals surface area contributed by atoms with Crippen molar-refractivity contribution >= 4 is 66.1 Å². The minimum Gasteiger partial charge on any atom is -0.309 e. The van der Waals surface area contributed by atoms with E-state index in [0.717, 1.165) is 81.3 Å². The van der Waals surface area contributed by atoms with Gasteiger partial charge in [-0.3, -0.25) is 0 Å². The highest BCUT2D eigenvalue weighted by Gasteiger charge is 2.35. The molecule has 0 atom stereocenters. The summed E-state index contributed by atoms with van der Waals surface area (Å²) in [6.45, 7) is 0. The summed E-state index contributed by atoms with van der Waals surface area (Å²) in [5.74, 6) is 0. The minimum atomic E-state index is -3.49. The maximum atomic E-state index is 16.8. The SMILES string of the molecule is O=P(c1ccccc1)(c1ccccc1-c1c2ccccc2cc2ccccc12)c1ccccc1-c1c2ccccc2cc2ccccc12. The fraction of sp³-hybridized carbons (Fsp3) is 0. The molecule has 1 nitrogen and oxygen atoms in total. The molecule has 0 saturated heterocycles. The Morgan fingerprint density at radius 1 is 0.312 bits per heavy atom. The van der Waals surface area contributed by atoms with Crippen LogP contribution in [-0.4, -0.2) is 0 Å². The zero-order chi connectivity index (χ0) is 32.1. The Balaban J connectivity index is 1.42. The van der Waals surface area contributed by atoms with E-state index in [2.05, 4.69) is 146 Å². The highest BCUT2D eigenvalue weighted by Crippen LogP contribution is 2.50. The summed E-state index contributed by atoms with van der Waals surface area (Å²) in [4.78, 5) is 0. The highest BCUT2D eigenvalue weighted by molar-refractivity contribution is 7.85. The van der Waals surface area contributed by atoms with Crippen LogP contribution in [0.25, 0.3) is 65.3 Å². The van der Waals surface area contributed by atoms with Gasteiger partial charge in [0.05, 0.1) is 0 Å². The highest BCUT2D eigenvalue weighted by atomic mass is 31.2. The average Bonchev–Trinajstić information content (AvgIpc) is 3.16. The van der Waals surface area contributed by atoms with Crippen LogP contribution in [-0.2, 0) is 4.57 Å². The van der Waals surface area contributed by atoms with Crippen LogP contribution in [0.1, 0.15) is 0 Å². The van der Waals surface area contributed by atoms with Crippen LogP contribution in [0.3, 0.4) is 0 Å². The van der Waals surface area contributed by atoms with Crippen LogP contribution in [0, 0.1) is 0 Å². The van der Waals surface area contributed by atoms with Gasteiger partial charge < -0.3 is 4.57 Å². The van der Waals surface area contributed by atoms with Crippen molar-refractivity contribution in [2.45, 2.75) is 0 Å². The number of benzene rings is 9. The quantitative estimate of drug-likeness (QED) is 0.137. The van der Waals surface area contributed by atoms with Gasteiger partial charge in [0.1, 0.15) is 0 Å². The van der Waals surface area contributed by atoms with E-state index in [0.29, 0.717) is 0 Å². The third-order valence-corrected chi connectivity index (χ3v) is 12.8. The first-order valence-electron chi connectivity index (χ1n) is 16.4. The summed E-state index contributed by atoms with van der Waals surface area (Å²) in [6.07, 6.45) is 0. The topological polar surface area (TPSA) is 17.1 Å². The van der Waals surface area contributed by atoms with Crippen molar-refractivity contribution in [3.05, 3.63) is 188 Å². The lowest BCUT2D eigenvalue weighted by atomic mass is 9.92. The normalized spacial score (nSPS) is 11.8. The zero-order valence-electron chi connectivity index (χ0n) is 26.3. The summed E-state index contributed by atoms with van der Waals surface area (Å²) >= 11 is 0. The van der Waals surface area contributed by atoms with Gasteiger partial charge in [0.2, 0.25) is 0 Å². The van der Waals surface area contributed by atoms with E-state index < -0.39 is 7.14 Å². The first kappa shape index (κ1) is 28.5. The number of hydrogen-bond acceptors (Lipinski definition) is 1. The molecule has 0 heterocycles. The molecule has 0 amide bonds. The molecule has 0 fully saturated rings. The van der Waals surface area contributed by atoms with E-state index in [9.17, 15) is 0 Å². The molecule has 0 radical (unpaired) electrons. The Kier molecular flexibility index (Phi) is 6.82. The maximum absolute atomic E-state index is 16.8. The van der Waals surface area contributed by atoms with Crippen LogP contribution in [0.4, 0.5) is 0 Å². The monoisotopic (exact) mass is 630 g/mol. The summed E-state index contributed by atoms with van der Waals surface area (Å²) < 4.78 is 16.8. The van der Waals surface area contributed by atoms with Crippen LogP contribution < -0.4 is 15.9 Å². The predicted octanol–water partition coefficient (Wildman–Crippen LogP) is 11.3. The van der Waals surface area contributed by atoms with Gasteiger partial charge in [-0.2, -0.15) is 0 Å². The molecule has 0 bridgehead atoms. The Hall–Kier alpha value is -5.75. The van der Waals surface area contributed by atoms with Crippen LogP contribution in [0.5, 0.6) is 0 Å². The fourth-order valence-electron chi connectivity index (χ4n) is 7.57. The van der Waals surface area contributed by atoms with Crippen molar-refractivity contribution in [2.24, 2.45) is 0 Å². The molecule has 9 rings (SSSR count). The van der Waals surface area contributed by atoms with Crippen LogP contribution in [0.15, 0.2) is 188 Å². The van der Waals surface area contributed by atoms with Crippen LogP contribution in [0.2, 0.25) is 0 Å². The molecule has 0 aliphatic carbocycles. The molecule has 0 aromatic heterocycles. The Bertz CT molecular complexity index is 2430. The molecular formula is C46H31OP. The van der Waals surface area contributed by atoms with Gasteiger partial charge >= 0.3 is 0 Å². The molecule has 0 unspecified atom stereocenters. The van der Waals surface area contributed by atoms with E-state index in [1.54, 1.807) is 0 Å². The van der Waals surface area contributed by atoms with Gasteiger partial charge in [0.25, 0.3) is 0 Å². The van der Waals surface area contributed by atoms with Gasteiger partial charge in [-0.1, -0.05) is 176 Å². The molecule has 48 heavy (non-hydrogen) atoms. The summed E-state index contributed by atoms with van der Waals surface area (Å²) in [5, 5.41) is 11.8. The Morgan fingerprint density at radius 3 is 1.02 bits per heavy atom. The van der Waals surface area contributed by atoms with E-state index in [1.165, 1.54) is 0 Å². The minimum absolute atomic E-state index is 0.819. The second-order valence-corrected chi connectivity index (χ2v) is 15.1. The maximum Gasteiger partial charge on any atom is 0.172 e. The van der Waals surface area contributed by atoms with E-state index in [-0.39, 0.29) is 0 Å². The smallest absolute Gasteiger partial charge is 0.172 e. The lowest BCUT2D eigenvalue weighted by Gasteiger charge is -2.27. The van der Waals surface area contributed by atoms with E-state index in [4.69, 9.17) is 0 Å².